The highest BCUT2D eigenvalue weighted by Gasteiger charge is 2.27. The van der Waals surface area contributed by atoms with E-state index >= 15 is 0 Å². The number of rotatable bonds is 9. The smallest absolute Gasteiger partial charge is 0.264 e. The Morgan fingerprint density at radius 1 is 0.969 bits per heavy atom. The van der Waals surface area contributed by atoms with Crippen molar-refractivity contribution in [3.63, 3.8) is 0 Å². The van der Waals surface area contributed by atoms with Crippen molar-refractivity contribution < 1.29 is 17.9 Å². The van der Waals surface area contributed by atoms with E-state index < -0.39 is 15.9 Å². The number of aryl methyl sites for hydroxylation is 1. The molecule has 168 valence electrons. The Hall–Kier alpha value is -3.32. The number of anilines is 1. The van der Waals surface area contributed by atoms with E-state index in [1.807, 2.05) is 51.1 Å². The molecule has 3 aromatic rings. The minimum absolute atomic E-state index is 0.126. The lowest BCUT2D eigenvalue weighted by atomic mass is 10.1. The van der Waals surface area contributed by atoms with Crippen LogP contribution in [0.5, 0.6) is 5.75 Å². The third-order valence-electron chi connectivity index (χ3n) is 5.01. The summed E-state index contributed by atoms with van der Waals surface area (Å²) in [7, 11) is -3.96. The van der Waals surface area contributed by atoms with Gasteiger partial charge in [0.25, 0.3) is 10.0 Å². The fourth-order valence-electron chi connectivity index (χ4n) is 3.27. The van der Waals surface area contributed by atoms with E-state index in [-0.39, 0.29) is 17.5 Å². The molecule has 0 heterocycles. The molecule has 32 heavy (non-hydrogen) atoms. The zero-order chi connectivity index (χ0) is 23.1. The summed E-state index contributed by atoms with van der Waals surface area (Å²) in [6, 6.07) is 22.5. The highest BCUT2D eigenvalue weighted by molar-refractivity contribution is 7.92. The van der Waals surface area contributed by atoms with Crippen LogP contribution in [0.25, 0.3) is 0 Å². The van der Waals surface area contributed by atoms with Crippen LogP contribution in [-0.2, 0) is 14.8 Å². The second-order valence-electron chi connectivity index (χ2n) is 7.45. The van der Waals surface area contributed by atoms with Crippen molar-refractivity contribution in [1.29, 1.82) is 0 Å². The lowest BCUT2D eigenvalue weighted by Crippen LogP contribution is -2.41. The van der Waals surface area contributed by atoms with Gasteiger partial charge in [0.05, 0.1) is 23.2 Å². The first-order chi connectivity index (χ1) is 15.3. The number of sulfonamides is 1. The zero-order valence-electron chi connectivity index (χ0n) is 18.5. The number of hydrogen-bond donors (Lipinski definition) is 1. The van der Waals surface area contributed by atoms with Gasteiger partial charge in [-0.1, -0.05) is 48.0 Å². The predicted molar refractivity (Wildman–Crippen MR) is 126 cm³/mol. The molecular formula is C25H28N2O4S. The number of ether oxygens (including phenoxy) is 1. The third kappa shape index (κ3) is 5.68. The molecule has 3 aromatic carbocycles. The first kappa shape index (κ1) is 23.3. The molecule has 7 heteroatoms. The summed E-state index contributed by atoms with van der Waals surface area (Å²) in [5.74, 6) is 0.233. The van der Waals surface area contributed by atoms with E-state index in [2.05, 4.69) is 5.32 Å². The molecule has 1 amide bonds. The second kappa shape index (κ2) is 10.3. The van der Waals surface area contributed by atoms with Gasteiger partial charge in [0.1, 0.15) is 12.3 Å². The minimum Gasteiger partial charge on any atom is -0.494 e. The normalized spacial score (nSPS) is 12.1. The van der Waals surface area contributed by atoms with E-state index in [1.165, 1.54) is 0 Å². The molecule has 0 aliphatic rings. The van der Waals surface area contributed by atoms with Crippen molar-refractivity contribution in [2.75, 3.05) is 17.5 Å². The van der Waals surface area contributed by atoms with Crippen molar-refractivity contribution in [2.24, 2.45) is 0 Å². The molecule has 0 aromatic heterocycles. The topological polar surface area (TPSA) is 75.7 Å². The summed E-state index contributed by atoms with van der Waals surface area (Å²) in [4.78, 5) is 13.0. The number of nitrogens with zero attached hydrogens (tertiary/aromatic N) is 1. The van der Waals surface area contributed by atoms with Crippen LogP contribution in [-0.4, -0.2) is 27.5 Å². The fraction of sp³-hybridized carbons (Fsp3) is 0.240. The van der Waals surface area contributed by atoms with E-state index in [0.717, 1.165) is 15.4 Å². The fourth-order valence-corrected chi connectivity index (χ4v) is 4.69. The maximum atomic E-state index is 13.5. The van der Waals surface area contributed by atoms with Crippen molar-refractivity contribution in [3.8, 4) is 5.75 Å². The van der Waals surface area contributed by atoms with Gasteiger partial charge in [-0.3, -0.25) is 9.10 Å². The van der Waals surface area contributed by atoms with Gasteiger partial charge in [-0.15, -0.1) is 0 Å². The first-order valence-electron chi connectivity index (χ1n) is 10.5. The number of carbonyl (C=O) groups excluding carboxylic acids is 1. The molecule has 0 bridgehead atoms. The Bertz CT molecular complexity index is 1130. The van der Waals surface area contributed by atoms with Crippen LogP contribution in [0, 0.1) is 6.92 Å². The molecule has 1 atom stereocenters. The Kier molecular flexibility index (Phi) is 7.53. The zero-order valence-corrected chi connectivity index (χ0v) is 19.3. The number of carbonyl (C=O) groups is 1. The summed E-state index contributed by atoms with van der Waals surface area (Å²) >= 11 is 0. The first-order valence-corrected chi connectivity index (χ1v) is 11.9. The second-order valence-corrected chi connectivity index (χ2v) is 9.31. The highest BCUT2D eigenvalue weighted by Crippen LogP contribution is 2.26. The maximum absolute atomic E-state index is 13.5. The van der Waals surface area contributed by atoms with E-state index in [0.29, 0.717) is 18.0 Å². The van der Waals surface area contributed by atoms with Crippen LogP contribution in [0.3, 0.4) is 0 Å². The Morgan fingerprint density at radius 3 is 2.19 bits per heavy atom. The van der Waals surface area contributed by atoms with E-state index in [4.69, 9.17) is 4.74 Å². The number of amides is 1. The van der Waals surface area contributed by atoms with Gasteiger partial charge in [0.2, 0.25) is 5.91 Å². The van der Waals surface area contributed by atoms with Crippen molar-refractivity contribution in [2.45, 2.75) is 31.7 Å². The molecule has 0 unspecified atom stereocenters. The van der Waals surface area contributed by atoms with Gasteiger partial charge in [0.15, 0.2) is 0 Å². The number of nitrogens with one attached hydrogen (secondary N) is 1. The maximum Gasteiger partial charge on any atom is 0.264 e. The summed E-state index contributed by atoms with van der Waals surface area (Å²) < 4.78 is 33.5. The summed E-state index contributed by atoms with van der Waals surface area (Å²) in [6.45, 7) is 5.79. The molecule has 0 radical (unpaired) electrons. The van der Waals surface area contributed by atoms with E-state index in [9.17, 15) is 13.2 Å². The monoisotopic (exact) mass is 452 g/mol. The van der Waals surface area contributed by atoms with Gasteiger partial charge < -0.3 is 10.1 Å². The van der Waals surface area contributed by atoms with Crippen LogP contribution >= 0.6 is 0 Å². The van der Waals surface area contributed by atoms with Gasteiger partial charge in [-0.25, -0.2) is 8.42 Å². The molecule has 3 rings (SSSR count). The lowest BCUT2D eigenvalue weighted by molar-refractivity contribution is -0.120. The van der Waals surface area contributed by atoms with Gasteiger partial charge in [-0.05, 0) is 62.7 Å². The molecule has 0 saturated heterocycles. The van der Waals surface area contributed by atoms with Crippen molar-refractivity contribution >= 4 is 21.6 Å². The number of hydrogen-bond acceptors (Lipinski definition) is 4. The number of benzene rings is 3. The quantitative estimate of drug-likeness (QED) is 0.520. The molecule has 0 spiro atoms. The van der Waals surface area contributed by atoms with Crippen LogP contribution in [0.4, 0.5) is 5.69 Å². The Balaban J connectivity index is 1.89. The van der Waals surface area contributed by atoms with Crippen LogP contribution in [0.2, 0.25) is 0 Å². The van der Waals surface area contributed by atoms with Crippen LogP contribution in [0.15, 0.2) is 83.8 Å². The molecule has 0 aliphatic carbocycles. The summed E-state index contributed by atoms with van der Waals surface area (Å²) in [5, 5.41) is 2.89. The summed E-state index contributed by atoms with van der Waals surface area (Å²) in [6.07, 6.45) is 0. The van der Waals surface area contributed by atoms with Gasteiger partial charge in [0, 0.05) is 0 Å². The largest absolute Gasteiger partial charge is 0.494 e. The lowest BCUT2D eigenvalue weighted by Gasteiger charge is -2.25. The molecule has 0 aliphatic heterocycles. The average molecular weight is 453 g/mol. The van der Waals surface area contributed by atoms with E-state index in [1.54, 1.807) is 48.5 Å². The summed E-state index contributed by atoms with van der Waals surface area (Å²) in [5.41, 5.74) is 2.28. The molecular weight excluding hydrogens is 424 g/mol. The predicted octanol–water partition coefficient (Wildman–Crippen LogP) is 4.47. The molecule has 0 fully saturated rings. The molecule has 6 nitrogen and oxygen atoms in total. The third-order valence-corrected chi connectivity index (χ3v) is 6.80. The SMILES string of the molecule is CCOc1ccc(N(CC(=O)N[C@@H](C)c2ccccc2)S(=O)(=O)c2ccc(C)cc2)cc1. The Morgan fingerprint density at radius 2 is 1.59 bits per heavy atom. The standard InChI is InChI=1S/C25H28N2O4S/c1-4-31-23-14-12-22(13-15-23)27(32(29,30)24-16-10-19(2)11-17-24)18-25(28)26-20(3)21-8-6-5-7-9-21/h5-17,20H,4,18H2,1-3H3,(H,26,28)/t20-/m0/s1. The highest BCUT2D eigenvalue weighted by atomic mass is 32.2. The van der Waals surface area contributed by atoms with Crippen molar-refractivity contribution in [1.82, 2.24) is 5.32 Å². The van der Waals surface area contributed by atoms with Gasteiger partial charge >= 0.3 is 0 Å². The van der Waals surface area contributed by atoms with Crippen LogP contribution < -0.4 is 14.4 Å². The van der Waals surface area contributed by atoms with Crippen molar-refractivity contribution in [3.05, 3.63) is 90.0 Å². The average Bonchev–Trinajstić information content (AvgIpc) is 2.79. The molecule has 0 saturated carbocycles. The van der Waals surface area contributed by atoms with Crippen LogP contribution in [0.1, 0.15) is 31.0 Å². The molecule has 1 N–H and O–H groups in total. The minimum atomic E-state index is -3.96. The van der Waals surface area contributed by atoms with Gasteiger partial charge in [-0.2, -0.15) is 0 Å². The Labute approximate surface area is 189 Å².